The number of nitriles is 1. The number of fused-ring (bicyclic) bond motifs is 1. The predicted octanol–water partition coefficient (Wildman–Crippen LogP) is 2.07. The molecule has 33 heavy (non-hydrogen) atoms. The highest BCUT2D eigenvalue weighted by molar-refractivity contribution is 6.39. The Morgan fingerprint density at radius 1 is 1.12 bits per heavy atom. The Labute approximate surface area is 194 Å². The molecule has 0 radical (unpaired) electrons. The number of hydrogen-bond acceptors (Lipinski definition) is 6. The molecule has 1 unspecified atom stereocenters. The first-order chi connectivity index (χ1) is 16.1. The zero-order chi connectivity index (χ0) is 23.2. The lowest BCUT2D eigenvalue weighted by atomic mass is 9.95. The van der Waals surface area contributed by atoms with Gasteiger partial charge in [-0.15, -0.1) is 0 Å². The molecule has 0 aromatic heterocycles. The summed E-state index contributed by atoms with van der Waals surface area (Å²) in [5, 5.41) is 14.5. The standard InChI is InChI=1S/C25H29N5O3/c1-29-10-4-6-18-15-19(8-9-22(18)29)23(30-11-13-33-14-12-30)17-27-24(31)25(32)28-21-7-3-2-5-20(21)16-26/h2-3,5,7-9,15,23H,4,6,10-14,17H2,1H3,(H,27,31)(H,28,32). The highest BCUT2D eigenvalue weighted by Crippen LogP contribution is 2.31. The SMILES string of the molecule is CN1CCCc2cc(C(CNC(=O)C(=O)Nc3ccccc3C#N)N3CCOCC3)ccc21. The highest BCUT2D eigenvalue weighted by Gasteiger charge is 2.26. The van der Waals surface area contributed by atoms with Gasteiger partial charge in [0.1, 0.15) is 6.07 Å². The fourth-order valence-electron chi connectivity index (χ4n) is 4.50. The van der Waals surface area contributed by atoms with Crippen LogP contribution in [0.1, 0.15) is 29.2 Å². The average Bonchev–Trinajstić information content (AvgIpc) is 2.85. The summed E-state index contributed by atoms with van der Waals surface area (Å²) in [5.74, 6) is -1.51. The van der Waals surface area contributed by atoms with Crippen LogP contribution in [0.25, 0.3) is 0 Å². The van der Waals surface area contributed by atoms with Gasteiger partial charge in [-0.3, -0.25) is 14.5 Å². The van der Waals surface area contributed by atoms with Crippen LogP contribution in [0, 0.1) is 11.3 Å². The van der Waals surface area contributed by atoms with Crippen LogP contribution in [0.2, 0.25) is 0 Å². The smallest absolute Gasteiger partial charge is 0.313 e. The van der Waals surface area contributed by atoms with Crippen molar-refractivity contribution in [2.45, 2.75) is 18.9 Å². The molecule has 2 amide bonds. The van der Waals surface area contributed by atoms with Gasteiger partial charge >= 0.3 is 11.8 Å². The highest BCUT2D eigenvalue weighted by atomic mass is 16.5. The molecule has 2 aliphatic rings. The molecule has 2 aliphatic heterocycles. The Morgan fingerprint density at radius 2 is 1.91 bits per heavy atom. The third-order valence-electron chi connectivity index (χ3n) is 6.28. The maximum atomic E-state index is 12.6. The Morgan fingerprint density at radius 3 is 2.70 bits per heavy atom. The summed E-state index contributed by atoms with van der Waals surface area (Å²) < 4.78 is 5.52. The minimum absolute atomic E-state index is 0.0606. The summed E-state index contributed by atoms with van der Waals surface area (Å²) in [4.78, 5) is 29.6. The molecule has 2 N–H and O–H groups in total. The second kappa shape index (κ2) is 10.5. The molecule has 1 atom stereocenters. The van der Waals surface area contributed by atoms with E-state index in [-0.39, 0.29) is 6.04 Å². The number of nitrogens with zero attached hydrogens (tertiary/aromatic N) is 3. The number of amides is 2. The third-order valence-corrected chi connectivity index (χ3v) is 6.28. The molecular formula is C25H29N5O3. The molecule has 1 saturated heterocycles. The van der Waals surface area contributed by atoms with Crippen molar-refractivity contribution in [1.29, 1.82) is 5.26 Å². The van der Waals surface area contributed by atoms with Gasteiger partial charge in [0.15, 0.2) is 0 Å². The molecule has 2 aromatic rings. The van der Waals surface area contributed by atoms with Crippen molar-refractivity contribution in [2.75, 3.05) is 56.7 Å². The molecule has 0 saturated carbocycles. The van der Waals surface area contributed by atoms with Crippen molar-refractivity contribution in [3.05, 3.63) is 59.2 Å². The monoisotopic (exact) mass is 447 g/mol. The maximum Gasteiger partial charge on any atom is 0.313 e. The first kappa shape index (κ1) is 22.8. The van der Waals surface area contributed by atoms with E-state index in [0.29, 0.717) is 31.0 Å². The molecule has 1 fully saturated rings. The van der Waals surface area contributed by atoms with E-state index in [0.717, 1.165) is 38.0 Å². The Balaban J connectivity index is 1.47. The lowest BCUT2D eigenvalue weighted by molar-refractivity contribution is -0.136. The summed E-state index contributed by atoms with van der Waals surface area (Å²) in [5.41, 5.74) is 4.33. The number of ether oxygens (including phenoxy) is 1. The number of carbonyl (C=O) groups is 2. The number of hydrogen-bond donors (Lipinski definition) is 2. The number of carbonyl (C=O) groups excluding carboxylic acids is 2. The Bertz CT molecular complexity index is 1060. The lowest BCUT2D eigenvalue weighted by Crippen LogP contribution is -2.45. The van der Waals surface area contributed by atoms with Crippen LogP contribution < -0.4 is 15.5 Å². The van der Waals surface area contributed by atoms with Crippen LogP contribution >= 0.6 is 0 Å². The van der Waals surface area contributed by atoms with Crippen LogP contribution in [-0.2, 0) is 20.7 Å². The van der Waals surface area contributed by atoms with Gasteiger partial charge < -0.3 is 20.3 Å². The summed E-state index contributed by atoms with van der Waals surface area (Å²) in [7, 11) is 2.11. The van der Waals surface area contributed by atoms with E-state index >= 15 is 0 Å². The molecule has 2 aromatic carbocycles. The Kier molecular flexibility index (Phi) is 7.23. The molecule has 2 heterocycles. The van der Waals surface area contributed by atoms with Gasteiger partial charge in [0.2, 0.25) is 0 Å². The van der Waals surface area contributed by atoms with Crippen LogP contribution in [0.5, 0.6) is 0 Å². The number of para-hydroxylation sites is 1. The van der Waals surface area contributed by atoms with Gasteiger partial charge in [-0.25, -0.2) is 0 Å². The van der Waals surface area contributed by atoms with Gasteiger partial charge in [-0.2, -0.15) is 5.26 Å². The number of aryl methyl sites for hydroxylation is 1. The fourth-order valence-corrected chi connectivity index (χ4v) is 4.50. The number of benzene rings is 2. The topological polar surface area (TPSA) is 97.7 Å². The van der Waals surface area contributed by atoms with Crippen molar-refractivity contribution >= 4 is 23.2 Å². The average molecular weight is 448 g/mol. The summed E-state index contributed by atoms with van der Waals surface area (Å²) >= 11 is 0. The number of nitrogens with one attached hydrogen (secondary N) is 2. The second-order valence-electron chi connectivity index (χ2n) is 8.40. The zero-order valence-electron chi connectivity index (χ0n) is 18.8. The minimum Gasteiger partial charge on any atom is -0.379 e. The van der Waals surface area contributed by atoms with Crippen molar-refractivity contribution in [3.63, 3.8) is 0 Å². The molecule has 172 valence electrons. The first-order valence-electron chi connectivity index (χ1n) is 11.3. The minimum atomic E-state index is -0.787. The molecule has 8 heteroatoms. The van der Waals surface area contributed by atoms with E-state index < -0.39 is 11.8 Å². The largest absolute Gasteiger partial charge is 0.379 e. The fraction of sp³-hybridized carbons (Fsp3) is 0.400. The number of anilines is 2. The van der Waals surface area contributed by atoms with Gasteiger partial charge in [0.25, 0.3) is 0 Å². The van der Waals surface area contributed by atoms with Crippen LogP contribution in [0.3, 0.4) is 0 Å². The van der Waals surface area contributed by atoms with Gasteiger partial charge in [-0.05, 0) is 42.2 Å². The van der Waals surface area contributed by atoms with Gasteiger partial charge in [-0.1, -0.05) is 24.3 Å². The lowest BCUT2D eigenvalue weighted by Gasteiger charge is -2.36. The van der Waals surface area contributed by atoms with Crippen molar-refractivity contribution < 1.29 is 14.3 Å². The molecule has 0 spiro atoms. The van der Waals surface area contributed by atoms with E-state index in [4.69, 9.17) is 4.74 Å². The maximum absolute atomic E-state index is 12.6. The molecular weight excluding hydrogens is 418 g/mol. The number of morpholine rings is 1. The van der Waals surface area contributed by atoms with E-state index in [1.807, 2.05) is 6.07 Å². The molecule has 0 aliphatic carbocycles. The molecule has 8 nitrogen and oxygen atoms in total. The summed E-state index contributed by atoms with van der Waals surface area (Å²) in [6.07, 6.45) is 2.16. The van der Waals surface area contributed by atoms with E-state index in [2.05, 4.69) is 45.7 Å². The summed E-state index contributed by atoms with van der Waals surface area (Å²) in [6.45, 7) is 4.17. The van der Waals surface area contributed by atoms with Crippen LogP contribution in [-0.4, -0.2) is 63.2 Å². The van der Waals surface area contributed by atoms with Crippen LogP contribution in [0.15, 0.2) is 42.5 Å². The van der Waals surface area contributed by atoms with Gasteiger partial charge in [0.05, 0.1) is 30.5 Å². The first-order valence-corrected chi connectivity index (χ1v) is 11.3. The second-order valence-corrected chi connectivity index (χ2v) is 8.40. The van der Waals surface area contributed by atoms with Gasteiger partial charge in [0, 0.05) is 38.9 Å². The molecule has 4 rings (SSSR count). The van der Waals surface area contributed by atoms with E-state index in [9.17, 15) is 14.9 Å². The third kappa shape index (κ3) is 5.33. The van der Waals surface area contributed by atoms with Crippen molar-refractivity contribution in [3.8, 4) is 6.07 Å². The molecule has 0 bridgehead atoms. The van der Waals surface area contributed by atoms with E-state index in [1.54, 1.807) is 24.3 Å². The van der Waals surface area contributed by atoms with Crippen LogP contribution in [0.4, 0.5) is 11.4 Å². The zero-order valence-corrected chi connectivity index (χ0v) is 18.8. The number of rotatable bonds is 5. The van der Waals surface area contributed by atoms with Crippen molar-refractivity contribution in [2.24, 2.45) is 0 Å². The van der Waals surface area contributed by atoms with E-state index in [1.165, 1.54) is 11.3 Å². The summed E-state index contributed by atoms with van der Waals surface area (Å²) in [6, 6.07) is 15.1. The normalized spacial score (nSPS) is 16.9. The van der Waals surface area contributed by atoms with Crippen molar-refractivity contribution in [1.82, 2.24) is 10.2 Å². The predicted molar refractivity (Wildman–Crippen MR) is 126 cm³/mol. The Hall–Kier alpha value is -3.41. The quantitative estimate of drug-likeness (QED) is 0.681.